The summed E-state index contributed by atoms with van der Waals surface area (Å²) in [6.45, 7) is 3.78. The van der Waals surface area contributed by atoms with Crippen molar-refractivity contribution in [2.75, 3.05) is 0 Å². The SMILES string of the molecule is CC(C)Oc1ccc(C(=O)NC2(C(=O)O)CCCC2)cn1. The van der Waals surface area contributed by atoms with E-state index in [1.165, 1.54) is 6.20 Å². The van der Waals surface area contributed by atoms with Gasteiger partial charge in [0.05, 0.1) is 11.7 Å². The van der Waals surface area contributed by atoms with Gasteiger partial charge in [-0.25, -0.2) is 9.78 Å². The zero-order valence-electron chi connectivity index (χ0n) is 12.3. The van der Waals surface area contributed by atoms with Gasteiger partial charge in [0, 0.05) is 12.3 Å². The summed E-state index contributed by atoms with van der Waals surface area (Å²) < 4.78 is 5.40. The van der Waals surface area contributed by atoms with Gasteiger partial charge in [-0.05, 0) is 32.8 Å². The Morgan fingerprint density at radius 3 is 2.48 bits per heavy atom. The molecule has 1 aromatic rings. The second-order valence-electron chi connectivity index (χ2n) is 5.60. The number of aromatic nitrogens is 1. The van der Waals surface area contributed by atoms with E-state index < -0.39 is 17.4 Å². The number of hydrogen-bond acceptors (Lipinski definition) is 4. The first-order chi connectivity index (χ1) is 9.93. The quantitative estimate of drug-likeness (QED) is 0.866. The van der Waals surface area contributed by atoms with E-state index in [0.29, 0.717) is 24.3 Å². The third-order valence-corrected chi connectivity index (χ3v) is 3.57. The topological polar surface area (TPSA) is 88.5 Å². The fourth-order valence-corrected chi connectivity index (χ4v) is 2.49. The molecule has 0 atom stereocenters. The van der Waals surface area contributed by atoms with Gasteiger partial charge < -0.3 is 15.2 Å². The molecular formula is C15H20N2O4. The number of carboxylic acids is 1. The molecule has 1 aromatic heterocycles. The smallest absolute Gasteiger partial charge is 0.329 e. The third kappa shape index (κ3) is 3.51. The van der Waals surface area contributed by atoms with Gasteiger partial charge in [-0.15, -0.1) is 0 Å². The Morgan fingerprint density at radius 2 is 2.00 bits per heavy atom. The molecule has 1 fully saturated rings. The number of nitrogens with one attached hydrogen (secondary N) is 1. The van der Waals surface area contributed by atoms with Crippen LogP contribution in [-0.4, -0.2) is 33.6 Å². The number of rotatable bonds is 5. The summed E-state index contributed by atoms with van der Waals surface area (Å²) in [6.07, 6.45) is 3.97. The van der Waals surface area contributed by atoms with Gasteiger partial charge in [-0.1, -0.05) is 12.8 Å². The Balaban J connectivity index is 2.07. The van der Waals surface area contributed by atoms with Crippen molar-refractivity contribution < 1.29 is 19.4 Å². The molecule has 0 bridgehead atoms. The maximum Gasteiger partial charge on any atom is 0.329 e. The largest absolute Gasteiger partial charge is 0.480 e. The molecular weight excluding hydrogens is 272 g/mol. The molecule has 0 unspecified atom stereocenters. The number of ether oxygens (including phenoxy) is 1. The van der Waals surface area contributed by atoms with Gasteiger partial charge in [0.25, 0.3) is 5.91 Å². The standard InChI is InChI=1S/C15H20N2O4/c1-10(2)21-12-6-5-11(9-16-12)13(18)17-15(14(19)20)7-3-4-8-15/h5-6,9-10H,3-4,7-8H2,1-2H3,(H,17,18)(H,19,20). The van der Waals surface area contributed by atoms with Crippen LogP contribution in [0, 0.1) is 0 Å². The summed E-state index contributed by atoms with van der Waals surface area (Å²) in [5.41, 5.74) is -0.803. The fraction of sp³-hybridized carbons (Fsp3) is 0.533. The first kappa shape index (κ1) is 15.3. The van der Waals surface area contributed by atoms with Crippen LogP contribution in [0.5, 0.6) is 5.88 Å². The molecule has 6 heteroatoms. The van der Waals surface area contributed by atoms with Crippen LogP contribution in [-0.2, 0) is 4.79 Å². The molecule has 0 saturated heterocycles. The van der Waals surface area contributed by atoms with Crippen LogP contribution in [0.1, 0.15) is 49.9 Å². The van der Waals surface area contributed by atoms with Crippen molar-refractivity contribution >= 4 is 11.9 Å². The molecule has 2 N–H and O–H groups in total. The lowest BCUT2D eigenvalue weighted by Crippen LogP contribution is -2.52. The molecule has 0 radical (unpaired) electrons. The Kier molecular flexibility index (Phi) is 4.45. The second kappa shape index (κ2) is 6.11. The molecule has 1 saturated carbocycles. The summed E-state index contributed by atoms with van der Waals surface area (Å²) in [4.78, 5) is 27.7. The van der Waals surface area contributed by atoms with E-state index in [2.05, 4.69) is 10.3 Å². The highest BCUT2D eigenvalue weighted by Crippen LogP contribution is 2.30. The normalized spacial score (nSPS) is 16.7. The Hall–Kier alpha value is -2.11. The van der Waals surface area contributed by atoms with E-state index in [1.54, 1.807) is 12.1 Å². The zero-order valence-corrected chi connectivity index (χ0v) is 12.3. The summed E-state index contributed by atoms with van der Waals surface area (Å²) in [6, 6.07) is 3.20. The van der Waals surface area contributed by atoms with Gasteiger partial charge in [0.15, 0.2) is 0 Å². The molecule has 6 nitrogen and oxygen atoms in total. The summed E-state index contributed by atoms with van der Waals surface area (Å²) >= 11 is 0. The average molecular weight is 292 g/mol. The average Bonchev–Trinajstić information content (AvgIpc) is 2.88. The number of amides is 1. The van der Waals surface area contributed by atoms with Crippen molar-refractivity contribution in [3.8, 4) is 5.88 Å². The minimum Gasteiger partial charge on any atom is -0.480 e. The lowest BCUT2D eigenvalue weighted by molar-refractivity contribution is -0.144. The molecule has 0 spiro atoms. The predicted molar refractivity (Wildman–Crippen MR) is 76.3 cm³/mol. The van der Waals surface area contributed by atoms with E-state index in [-0.39, 0.29) is 6.10 Å². The van der Waals surface area contributed by atoms with Crippen molar-refractivity contribution in [1.29, 1.82) is 0 Å². The molecule has 1 aliphatic rings. The van der Waals surface area contributed by atoms with Gasteiger partial charge in [0.1, 0.15) is 5.54 Å². The second-order valence-corrected chi connectivity index (χ2v) is 5.60. The number of carbonyl (C=O) groups is 2. The Labute approximate surface area is 123 Å². The van der Waals surface area contributed by atoms with E-state index >= 15 is 0 Å². The lowest BCUT2D eigenvalue weighted by Gasteiger charge is -2.25. The highest BCUT2D eigenvalue weighted by Gasteiger charge is 2.42. The van der Waals surface area contributed by atoms with Gasteiger partial charge in [-0.3, -0.25) is 4.79 Å². The van der Waals surface area contributed by atoms with Crippen LogP contribution in [0.2, 0.25) is 0 Å². The van der Waals surface area contributed by atoms with Crippen LogP contribution in [0.25, 0.3) is 0 Å². The summed E-state index contributed by atoms with van der Waals surface area (Å²) in [5, 5.41) is 12.0. The van der Waals surface area contributed by atoms with Crippen molar-refractivity contribution in [3.05, 3.63) is 23.9 Å². The van der Waals surface area contributed by atoms with Crippen molar-refractivity contribution in [1.82, 2.24) is 10.3 Å². The number of nitrogens with zero attached hydrogens (tertiary/aromatic N) is 1. The van der Waals surface area contributed by atoms with Gasteiger partial charge in [0.2, 0.25) is 5.88 Å². The van der Waals surface area contributed by atoms with E-state index in [0.717, 1.165) is 12.8 Å². The number of hydrogen-bond donors (Lipinski definition) is 2. The van der Waals surface area contributed by atoms with Crippen LogP contribution in [0.4, 0.5) is 0 Å². The minimum absolute atomic E-state index is 0.00550. The highest BCUT2D eigenvalue weighted by atomic mass is 16.5. The summed E-state index contributed by atoms with van der Waals surface area (Å²) in [7, 11) is 0. The predicted octanol–water partition coefficient (Wildman–Crippen LogP) is 2.00. The summed E-state index contributed by atoms with van der Waals surface area (Å²) in [5.74, 6) is -0.945. The Morgan fingerprint density at radius 1 is 1.33 bits per heavy atom. The van der Waals surface area contributed by atoms with Crippen molar-refractivity contribution in [2.24, 2.45) is 0 Å². The number of aliphatic carboxylic acids is 1. The van der Waals surface area contributed by atoms with Crippen LogP contribution < -0.4 is 10.1 Å². The van der Waals surface area contributed by atoms with E-state index in [9.17, 15) is 14.7 Å². The molecule has 21 heavy (non-hydrogen) atoms. The molecule has 1 aliphatic carbocycles. The van der Waals surface area contributed by atoms with Crippen molar-refractivity contribution in [3.63, 3.8) is 0 Å². The highest BCUT2D eigenvalue weighted by molar-refractivity contribution is 5.97. The van der Waals surface area contributed by atoms with Gasteiger partial charge >= 0.3 is 5.97 Å². The van der Waals surface area contributed by atoms with Crippen LogP contribution in [0.3, 0.4) is 0 Å². The maximum absolute atomic E-state index is 12.2. The molecule has 2 rings (SSSR count). The molecule has 0 aromatic carbocycles. The maximum atomic E-state index is 12.2. The minimum atomic E-state index is -1.13. The first-order valence-corrected chi connectivity index (χ1v) is 7.11. The molecule has 1 amide bonds. The number of pyridine rings is 1. The molecule has 1 heterocycles. The van der Waals surface area contributed by atoms with E-state index in [1.807, 2.05) is 13.8 Å². The first-order valence-electron chi connectivity index (χ1n) is 7.11. The monoisotopic (exact) mass is 292 g/mol. The third-order valence-electron chi connectivity index (χ3n) is 3.57. The molecule has 0 aliphatic heterocycles. The zero-order chi connectivity index (χ0) is 15.5. The van der Waals surface area contributed by atoms with Crippen LogP contribution >= 0.6 is 0 Å². The molecule has 114 valence electrons. The van der Waals surface area contributed by atoms with Crippen molar-refractivity contribution in [2.45, 2.75) is 51.2 Å². The number of carboxylic acid groups (broad SMARTS) is 1. The number of carbonyl (C=O) groups excluding carboxylic acids is 1. The Bertz CT molecular complexity index is 519. The van der Waals surface area contributed by atoms with E-state index in [4.69, 9.17) is 4.74 Å². The van der Waals surface area contributed by atoms with Gasteiger partial charge in [-0.2, -0.15) is 0 Å². The van der Waals surface area contributed by atoms with Crippen LogP contribution in [0.15, 0.2) is 18.3 Å². The lowest BCUT2D eigenvalue weighted by atomic mass is 9.97. The fourth-order valence-electron chi connectivity index (χ4n) is 2.49.